The molecule has 0 aliphatic rings. The van der Waals surface area contributed by atoms with Gasteiger partial charge in [0, 0.05) is 6.61 Å². The van der Waals surface area contributed by atoms with Crippen LogP contribution < -0.4 is 0 Å². The van der Waals surface area contributed by atoms with Crippen LogP contribution in [0.15, 0.2) is 60.8 Å². The Balaban J connectivity index is 3.41. The first kappa shape index (κ1) is 19.7. The van der Waals surface area contributed by atoms with Crippen LogP contribution in [0.3, 0.4) is 0 Å². The van der Waals surface area contributed by atoms with E-state index in [0.29, 0.717) is 6.61 Å². The Kier molecular flexibility index (Phi) is 17.5. The number of aliphatic hydroxyl groups is 1. The summed E-state index contributed by atoms with van der Waals surface area (Å²) in [6.07, 6.45) is 30.4. The average Bonchev–Trinajstić information content (AvgIpc) is 2.50. The molecule has 0 aliphatic heterocycles. The SMILES string of the molecule is CC/C=C\CC=CCC=CC/C=C\C/C=C\CCCCO. The van der Waals surface area contributed by atoms with E-state index in [-0.39, 0.29) is 0 Å². The summed E-state index contributed by atoms with van der Waals surface area (Å²) >= 11 is 0. The van der Waals surface area contributed by atoms with E-state index in [1.807, 2.05) is 0 Å². The highest BCUT2D eigenvalue weighted by Crippen LogP contribution is 1.98. The van der Waals surface area contributed by atoms with Crippen LogP contribution in [0.25, 0.3) is 0 Å². The molecule has 0 amide bonds. The summed E-state index contributed by atoms with van der Waals surface area (Å²) in [6.45, 7) is 2.47. The van der Waals surface area contributed by atoms with Crippen LogP contribution in [0, 0.1) is 0 Å². The summed E-state index contributed by atoms with van der Waals surface area (Å²) in [5, 5.41) is 8.64. The quantitative estimate of drug-likeness (QED) is 0.330. The molecule has 0 fully saturated rings. The van der Waals surface area contributed by atoms with Crippen LogP contribution in [0.1, 0.15) is 58.3 Å². The van der Waals surface area contributed by atoms with Gasteiger partial charge in [0.1, 0.15) is 0 Å². The van der Waals surface area contributed by atoms with Crippen LogP contribution in [0.2, 0.25) is 0 Å². The maximum Gasteiger partial charge on any atom is 0.0431 e. The molecule has 118 valence electrons. The molecule has 1 N–H and O–H groups in total. The van der Waals surface area contributed by atoms with E-state index in [4.69, 9.17) is 5.11 Å². The molecule has 0 aliphatic carbocycles. The Hall–Kier alpha value is -1.34. The number of rotatable bonds is 13. The lowest BCUT2D eigenvalue weighted by Crippen LogP contribution is -1.79. The lowest BCUT2D eigenvalue weighted by molar-refractivity contribution is 0.285. The molecule has 0 aromatic carbocycles. The maximum absolute atomic E-state index is 8.64. The first-order valence-corrected chi connectivity index (χ1v) is 8.27. The Morgan fingerprint density at radius 2 is 1.00 bits per heavy atom. The van der Waals surface area contributed by atoms with Gasteiger partial charge in [0.2, 0.25) is 0 Å². The van der Waals surface area contributed by atoms with Crippen molar-refractivity contribution < 1.29 is 5.11 Å². The maximum atomic E-state index is 8.64. The van der Waals surface area contributed by atoms with Crippen LogP contribution in [-0.2, 0) is 0 Å². The molecule has 0 aromatic heterocycles. The highest BCUT2D eigenvalue weighted by Gasteiger charge is 1.81. The molecule has 0 saturated heterocycles. The van der Waals surface area contributed by atoms with Crippen molar-refractivity contribution in [2.75, 3.05) is 6.61 Å². The largest absolute Gasteiger partial charge is 0.396 e. The lowest BCUT2D eigenvalue weighted by Gasteiger charge is -1.90. The van der Waals surface area contributed by atoms with Gasteiger partial charge in [-0.1, -0.05) is 67.7 Å². The first-order valence-electron chi connectivity index (χ1n) is 8.27. The second-order valence-corrected chi connectivity index (χ2v) is 4.93. The Morgan fingerprint density at radius 1 is 0.571 bits per heavy atom. The monoisotopic (exact) mass is 288 g/mol. The van der Waals surface area contributed by atoms with Crippen LogP contribution >= 0.6 is 0 Å². The van der Waals surface area contributed by atoms with Crippen molar-refractivity contribution >= 4 is 0 Å². The van der Waals surface area contributed by atoms with E-state index in [0.717, 1.165) is 51.4 Å². The Morgan fingerprint density at radius 3 is 1.43 bits per heavy atom. The molecule has 0 bridgehead atoms. The second kappa shape index (κ2) is 18.7. The van der Waals surface area contributed by atoms with Crippen LogP contribution in [0.4, 0.5) is 0 Å². The van der Waals surface area contributed by atoms with E-state index in [9.17, 15) is 0 Å². The van der Waals surface area contributed by atoms with E-state index in [2.05, 4.69) is 67.7 Å². The second-order valence-electron chi connectivity index (χ2n) is 4.93. The minimum atomic E-state index is 0.310. The average molecular weight is 288 g/mol. The molecule has 1 nitrogen and oxygen atoms in total. The normalized spacial score (nSPS) is 13.0. The number of aliphatic hydroxyl groups excluding tert-OH is 1. The summed E-state index contributed by atoms with van der Waals surface area (Å²) in [6, 6.07) is 0. The summed E-state index contributed by atoms with van der Waals surface area (Å²) in [5.41, 5.74) is 0. The highest BCUT2D eigenvalue weighted by atomic mass is 16.2. The molecular weight excluding hydrogens is 256 g/mol. The fourth-order valence-electron chi connectivity index (χ4n) is 1.74. The van der Waals surface area contributed by atoms with Gasteiger partial charge in [-0.15, -0.1) is 0 Å². The highest BCUT2D eigenvalue weighted by molar-refractivity contribution is 5.00. The molecule has 0 spiro atoms. The molecule has 0 saturated carbocycles. The van der Waals surface area contributed by atoms with Gasteiger partial charge in [-0.05, 0) is 51.4 Å². The van der Waals surface area contributed by atoms with Gasteiger partial charge in [0.15, 0.2) is 0 Å². The zero-order chi connectivity index (χ0) is 15.4. The van der Waals surface area contributed by atoms with Crippen molar-refractivity contribution in [1.82, 2.24) is 0 Å². The van der Waals surface area contributed by atoms with Gasteiger partial charge in [-0.2, -0.15) is 0 Å². The van der Waals surface area contributed by atoms with E-state index in [1.165, 1.54) is 0 Å². The molecule has 0 aromatic rings. The van der Waals surface area contributed by atoms with Gasteiger partial charge in [0.25, 0.3) is 0 Å². The fraction of sp³-hybridized carbons (Fsp3) is 0.500. The van der Waals surface area contributed by atoms with Crippen LogP contribution in [0.5, 0.6) is 0 Å². The smallest absolute Gasteiger partial charge is 0.0431 e. The predicted molar refractivity (Wildman–Crippen MR) is 95.4 cm³/mol. The molecule has 0 radical (unpaired) electrons. The minimum absolute atomic E-state index is 0.310. The van der Waals surface area contributed by atoms with Gasteiger partial charge < -0.3 is 5.11 Å². The summed E-state index contributed by atoms with van der Waals surface area (Å²) < 4.78 is 0. The third kappa shape index (κ3) is 18.7. The predicted octanol–water partition coefficient (Wildman–Crippen LogP) is 5.90. The topological polar surface area (TPSA) is 20.2 Å². The van der Waals surface area contributed by atoms with Gasteiger partial charge in [-0.25, -0.2) is 0 Å². The molecule has 0 rings (SSSR count). The van der Waals surface area contributed by atoms with E-state index < -0.39 is 0 Å². The molecule has 0 unspecified atom stereocenters. The Labute approximate surface area is 131 Å². The molecule has 0 atom stereocenters. The van der Waals surface area contributed by atoms with Gasteiger partial charge >= 0.3 is 0 Å². The van der Waals surface area contributed by atoms with Crippen molar-refractivity contribution in [3.8, 4) is 0 Å². The number of unbranched alkanes of at least 4 members (excludes halogenated alkanes) is 2. The van der Waals surface area contributed by atoms with Crippen molar-refractivity contribution in [3.05, 3.63) is 60.8 Å². The van der Waals surface area contributed by atoms with Crippen molar-refractivity contribution in [2.24, 2.45) is 0 Å². The third-order valence-electron chi connectivity index (χ3n) is 2.94. The molecular formula is C20H32O. The molecule has 21 heavy (non-hydrogen) atoms. The Bertz CT molecular complexity index is 332. The zero-order valence-corrected chi connectivity index (χ0v) is 13.6. The van der Waals surface area contributed by atoms with Gasteiger partial charge in [0.05, 0.1) is 0 Å². The zero-order valence-electron chi connectivity index (χ0n) is 13.6. The molecule has 0 heterocycles. The standard InChI is InChI=1S/C20H32O/c1-2-3-4-5-6-7-8-9-10-11-12-13-14-15-16-17-18-19-20-21/h3-4,6-7,9-10,12-13,15-16,21H,2,5,8,11,14,17-20H2,1H3/b4-3-,7-6?,10-9?,13-12-,16-15-. The summed E-state index contributed by atoms with van der Waals surface area (Å²) in [7, 11) is 0. The van der Waals surface area contributed by atoms with Gasteiger partial charge in [-0.3, -0.25) is 0 Å². The van der Waals surface area contributed by atoms with E-state index >= 15 is 0 Å². The van der Waals surface area contributed by atoms with Crippen molar-refractivity contribution in [1.29, 1.82) is 0 Å². The lowest BCUT2D eigenvalue weighted by atomic mass is 10.2. The fourth-order valence-corrected chi connectivity index (χ4v) is 1.74. The first-order chi connectivity index (χ1) is 10.4. The number of hydrogen-bond donors (Lipinski definition) is 1. The number of allylic oxidation sites excluding steroid dienone is 10. The minimum Gasteiger partial charge on any atom is -0.396 e. The third-order valence-corrected chi connectivity index (χ3v) is 2.94. The number of hydrogen-bond acceptors (Lipinski definition) is 1. The summed E-state index contributed by atoms with van der Waals surface area (Å²) in [4.78, 5) is 0. The van der Waals surface area contributed by atoms with Crippen molar-refractivity contribution in [3.63, 3.8) is 0 Å². The molecule has 1 heteroatoms. The summed E-state index contributed by atoms with van der Waals surface area (Å²) in [5.74, 6) is 0. The van der Waals surface area contributed by atoms with E-state index in [1.54, 1.807) is 0 Å². The van der Waals surface area contributed by atoms with Crippen molar-refractivity contribution in [2.45, 2.75) is 58.3 Å². The van der Waals surface area contributed by atoms with Crippen LogP contribution in [-0.4, -0.2) is 11.7 Å².